The van der Waals surface area contributed by atoms with Gasteiger partial charge in [0, 0.05) is 0 Å². The van der Waals surface area contributed by atoms with E-state index in [9.17, 15) is 0 Å². The van der Waals surface area contributed by atoms with Crippen LogP contribution in [0.3, 0.4) is 0 Å². The van der Waals surface area contributed by atoms with Gasteiger partial charge in [-0.1, -0.05) is 48.2 Å². The van der Waals surface area contributed by atoms with E-state index in [2.05, 4.69) is 24.8 Å². The first-order chi connectivity index (χ1) is 5.40. The summed E-state index contributed by atoms with van der Waals surface area (Å²) < 4.78 is 0. The summed E-state index contributed by atoms with van der Waals surface area (Å²) in [6, 6.07) is 6.64. The number of aryl methyl sites for hydroxylation is 1. The van der Waals surface area contributed by atoms with Crippen LogP contribution in [0.15, 0.2) is 24.8 Å². The van der Waals surface area contributed by atoms with Gasteiger partial charge in [-0.3, -0.25) is 0 Å². The third-order valence-electron chi connectivity index (χ3n) is 2.36. The Kier molecular flexibility index (Phi) is 1.57. The Morgan fingerprint density at radius 2 is 2.36 bits per heavy atom. The van der Waals surface area contributed by atoms with E-state index < -0.39 is 0 Å². The quantitative estimate of drug-likeness (QED) is 0.519. The Morgan fingerprint density at radius 3 is 3.18 bits per heavy atom. The zero-order chi connectivity index (χ0) is 7.68. The van der Waals surface area contributed by atoms with Crippen molar-refractivity contribution in [2.24, 2.45) is 0 Å². The highest BCUT2D eigenvalue weighted by molar-refractivity contribution is 6.55. The minimum atomic E-state index is 1.26. The minimum Gasteiger partial charge on any atom is -0.0985 e. The van der Waals surface area contributed by atoms with Gasteiger partial charge in [0.1, 0.15) is 0 Å². The van der Waals surface area contributed by atoms with Crippen molar-refractivity contribution in [2.45, 2.75) is 12.7 Å². The monoisotopic (exact) mass is 142 g/mol. The second kappa shape index (κ2) is 2.57. The molecule has 1 heterocycles. The van der Waals surface area contributed by atoms with Crippen LogP contribution in [0.5, 0.6) is 0 Å². The van der Waals surface area contributed by atoms with Gasteiger partial charge in [-0.05, 0) is 12.0 Å². The molecule has 0 saturated heterocycles. The zero-order valence-electron chi connectivity index (χ0n) is 6.64. The standard InChI is InChI=1S/C10H11B/c1-2-8-3-4-9-5-6-11-10(9)7-8/h2-4,7,11H,1,5-6H2. The molecule has 0 nitrogen and oxygen atoms in total. The maximum Gasteiger partial charge on any atom is 0.158 e. The van der Waals surface area contributed by atoms with Gasteiger partial charge in [0.2, 0.25) is 0 Å². The number of fused-ring (bicyclic) bond motifs is 1. The van der Waals surface area contributed by atoms with Crippen LogP contribution >= 0.6 is 0 Å². The van der Waals surface area contributed by atoms with Gasteiger partial charge < -0.3 is 0 Å². The minimum absolute atomic E-state index is 1.26. The molecule has 54 valence electrons. The van der Waals surface area contributed by atoms with Gasteiger partial charge in [0.25, 0.3) is 0 Å². The first-order valence-corrected chi connectivity index (χ1v) is 4.14. The van der Waals surface area contributed by atoms with Crippen molar-refractivity contribution in [3.8, 4) is 0 Å². The maximum atomic E-state index is 3.76. The van der Waals surface area contributed by atoms with Crippen molar-refractivity contribution >= 4 is 18.8 Å². The molecule has 1 heteroatoms. The van der Waals surface area contributed by atoms with E-state index in [4.69, 9.17) is 0 Å². The highest BCUT2D eigenvalue weighted by atomic mass is 14.0. The zero-order valence-corrected chi connectivity index (χ0v) is 6.64. The van der Waals surface area contributed by atoms with Gasteiger partial charge in [-0.2, -0.15) is 0 Å². The summed E-state index contributed by atoms with van der Waals surface area (Å²) in [7, 11) is 1.26. The molecule has 0 fully saturated rings. The van der Waals surface area contributed by atoms with Crippen molar-refractivity contribution in [3.63, 3.8) is 0 Å². The molecule has 0 aliphatic carbocycles. The fourth-order valence-electron chi connectivity index (χ4n) is 1.72. The summed E-state index contributed by atoms with van der Waals surface area (Å²) in [5.74, 6) is 0. The average molecular weight is 142 g/mol. The SMILES string of the molecule is C=Cc1ccc2c(c1)BCC2. The van der Waals surface area contributed by atoms with Gasteiger partial charge >= 0.3 is 0 Å². The number of hydrogen-bond donors (Lipinski definition) is 0. The Hall–Kier alpha value is -0.975. The predicted octanol–water partition coefficient (Wildman–Crippen LogP) is 1.37. The summed E-state index contributed by atoms with van der Waals surface area (Å²) in [5.41, 5.74) is 4.32. The van der Waals surface area contributed by atoms with Crippen LogP contribution in [0.25, 0.3) is 6.08 Å². The highest BCUT2D eigenvalue weighted by Crippen LogP contribution is 2.10. The highest BCUT2D eigenvalue weighted by Gasteiger charge is 2.10. The lowest BCUT2D eigenvalue weighted by atomic mass is 9.72. The molecule has 1 aliphatic rings. The van der Waals surface area contributed by atoms with E-state index in [0.29, 0.717) is 0 Å². The normalized spacial score (nSPS) is 13.8. The molecule has 0 amide bonds. The molecule has 0 atom stereocenters. The smallest absolute Gasteiger partial charge is 0.0985 e. The molecule has 1 aliphatic heterocycles. The van der Waals surface area contributed by atoms with Crippen molar-refractivity contribution in [2.75, 3.05) is 0 Å². The molecule has 1 aromatic carbocycles. The van der Waals surface area contributed by atoms with Crippen molar-refractivity contribution < 1.29 is 0 Å². The molecule has 1 aromatic rings. The van der Waals surface area contributed by atoms with Crippen LogP contribution < -0.4 is 5.46 Å². The summed E-state index contributed by atoms with van der Waals surface area (Å²) in [6.45, 7) is 3.76. The van der Waals surface area contributed by atoms with Gasteiger partial charge in [-0.15, -0.1) is 0 Å². The summed E-state index contributed by atoms with van der Waals surface area (Å²) in [6.07, 6.45) is 4.52. The third-order valence-corrected chi connectivity index (χ3v) is 2.36. The Balaban J connectivity index is 2.48. The molecule has 0 bridgehead atoms. The van der Waals surface area contributed by atoms with E-state index in [1.165, 1.54) is 36.6 Å². The lowest BCUT2D eigenvalue weighted by Crippen LogP contribution is -2.09. The van der Waals surface area contributed by atoms with Crippen LogP contribution in [0.2, 0.25) is 6.32 Å². The first kappa shape index (κ1) is 6.72. The van der Waals surface area contributed by atoms with Crippen molar-refractivity contribution in [1.29, 1.82) is 0 Å². The second-order valence-electron chi connectivity index (χ2n) is 3.09. The number of benzene rings is 1. The lowest BCUT2D eigenvalue weighted by molar-refractivity contribution is 1.17. The van der Waals surface area contributed by atoms with Crippen molar-refractivity contribution in [3.05, 3.63) is 35.9 Å². The average Bonchev–Trinajstić information content (AvgIpc) is 2.50. The lowest BCUT2D eigenvalue weighted by Gasteiger charge is -1.99. The molecule has 2 rings (SSSR count). The van der Waals surface area contributed by atoms with Crippen LogP contribution in [0, 0.1) is 0 Å². The fraction of sp³-hybridized carbons (Fsp3) is 0.200. The second-order valence-corrected chi connectivity index (χ2v) is 3.09. The fourth-order valence-corrected chi connectivity index (χ4v) is 1.72. The molecule has 0 unspecified atom stereocenters. The van der Waals surface area contributed by atoms with Crippen molar-refractivity contribution in [1.82, 2.24) is 0 Å². The van der Waals surface area contributed by atoms with E-state index >= 15 is 0 Å². The van der Waals surface area contributed by atoms with Crippen LogP contribution in [-0.4, -0.2) is 7.28 Å². The Bertz CT molecular complexity index is 289. The van der Waals surface area contributed by atoms with Gasteiger partial charge in [0.15, 0.2) is 7.28 Å². The molecular weight excluding hydrogens is 131 g/mol. The summed E-state index contributed by atoms with van der Waals surface area (Å²) in [5, 5.41) is 0. The van der Waals surface area contributed by atoms with E-state index in [1.54, 1.807) is 0 Å². The van der Waals surface area contributed by atoms with E-state index in [-0.39, 0.29) is 0 Å². The molecule has 0 N–H and O–H groups in total. The molecule has 0 aromatic heterocycles. The number of hydrogen-bond acceptors (Lipinski definition) is 0. The summed E-state index contributed by atoms with van der Waals surface area (Å²) in [4.78, 5) is 0. The topological polar surface area (TPSA) is 0 Å². The predicted molar refractivity (Wildman–Crippen MR) is 51.8 cm³/mol. The van der Waals surface area contributed by atoms with E-state index in [1.807, 2.05) is 6.08 Å². The van der Waals surface area contributed by atoms with Gasteiger partial charge in [-0.25, -0.2) is 0 Å². The molecule has 0 saturated carbocycles. The molecular formula is C10H11B. The van der Waals surface area contributed by atoms with Gasteiger partial charge in [0.05, 0.1) is 0 Å². The maximum absolute atomic E-state index is 3.76. The largest absolute Gasteiger partial charge is 0.158 e. The first-order valence-electron chi connectivity index (χ1n) is 4.14. The molecule has 0 radical (unpaired) electrons. The van der Waals surface area contributed by atoms with Crippen LogP contribution in [0.1, 0.15) is 11.1 Å². The Labute approximate surface area is 68.2 Å². The third kappa shape index (κ3) is 1.11. The number of rotatable bonds is 1. The molecule has 11 heavy (non-hydrogen) atoms. The molecule has 0 spiro atoms. The van der Waals surface area contributed by atoms with Crippen LogP contribution in [0.4, 0.5) is 0 Å². The van der Waals surface area contributed by atoms with E-state index in [0.717, 1.165) is 0 Å². The Morgan fingerprint density at radius 1 is 1.45 bits per heavy atom. The summed E-state index contributed by atoms with van der Waals surface area (Å²) >= 11 is 0. The van der Waals surface area contributed by atoms with Crippen LogP contribution in [-0.2, 0) is 6.42 Å².